The summed E-state index contributed by atoms with van der Waals surface area (Å²) in [5.74, 6) is 0. The Morgan fingerprint density at radius 2 is 1.94 bits per heavy atom. The van der Waals surface area contributed by atoms with Crippen LogP contribution in [0.4, 0.5) is 0 Å². The van der Waals surface area contributed by atoms with E-state index in [4.69, 9.17) is 5.73 Å². The zero-order chi connectivity index (χ0) is 12.7. The molecule has 0 fully saturated rings. The van der Waals surface area contributed by atoms with Gasteiger partial charge in [-0.25, -0.2) is 0 Å². The number of nitrogens with two attached hydrogens (primary N) is 1. The van der Waals surface area contributed by atoms with E-state index in [1.54, 1.807) is 0 Å². The van der Waals surface area contributed by atoms with Gasteiger partial charge in [-0.05, 0) is 44.0 Å². The quantitative estimate of drug-likeness (QED) is 0.786. The molecule has 0 aliphatic rings. The summed E-state index contributed by atoms with van der Waals surface area (Å²) in [6.07, 6.45) is 5.86. The maximum absolute atomic E-state index is 5.91. The normalized spacial score (nSPS) is 14.9. The molecule has 2 N–H and O–H groups in total. The third-order valence-electron chi connectivity index (χ3n) is 3.77. The van der Waals surface area contributed by atoms with Crippen LogP contribution in [0.3, 0.4) is 0 Å². The molecule has 17 heavy (non-hydrogen) atoms. The Balaban J connectivity index is 2.59. The highest BCUT2D eigenvalue weighted by Crippen LogP contribution is 2.18. The summed E-state index contributed by atoms with van der Waals surface area (Å²) >= 11 is 0. The number of hydrogen-bond acceptors (Lipinski definition) is 3. The van der Waals surface area contributed by atoms with Crippen LogP contribution in [0.15, 0.2) is 24.5 Å². The van der Waals surface area contributed by atoms with Gasteiger partial charge >= 0.3 is 0 Å². The molecule has 0 radical (unpaired) electrons. The fraction of sp³-hybridized carbons (Fsp3) is 0.643. The first-order valence-corrected chi connectivity index (χ1v) is 6.50. The zero-order valence-corrected chi connectivity index (χ0v) is 11.3. The van der Waals surface area contributed by atoms with E-state index in [-0.39, 0.29) is 5.54 Å². The van der Waals surface area contributed by atoms with Crippen LogP contribution in [-0.4, -0.2) is 35.1 Å². The van der Waals surface area contributed by atoms with E-state index < -0.39 is 0 Å². The van der Waals surface area contributed by atoms with Gasteiger partial charge < -0.3 is 5.73 Å². The number of nitrogens with zero attached hydrogens (tertiary/aromatic N) is 2. The summed E-state index contributed by atoms with van der Waals surface area (Å²) < 4.78 is 0. The molecule has 1 rings (SSSR count). The van der Waals surface area contributed by atoms with E-state index in [1.165, 1.54) is 5.56 Å². The van der Waals surface area contributed by atoms with Crippen molar-refractivity contribution in [1.82, 2.24) is 9.88 Å². The molecule has 0 aliphatic carbocycles. The molecule has 3 heteroatoms. The third-order valence-corrected chi connectivity index (χ3v) is 3.77. The van der Waals surface area contributed by atoms with E-state index in [0.717, 1.165) is 25.9 Å². The van der Waals surface area contributed by atoms with E-state index in [9.17, 15) is 0 Å². The molecule has 0 bridgehead atoms. The van der Waals surface area contributed by atoms with E-state index in [2.05, 4.69) is 42.8 Å². The van der Waals surface area contributed by atoms with Crippen LogP contribution in [0.5, 0.6) is 0 Å². The molecule has 1 aromatic rings. The SMILES string of the molecule is CCN(CCc1ccncc1)C(C)(CC)CN. The minimum atomic E-state index is 0.127. The minimum absolute atomic E-state index is 0.127. The second-order valence-corrected chi connectivity index (χ2v) is 4.74. The molecule has 3 nitrogen and oxygen atoms in total. The maximum Gasteiger partial charge on any atom is 0.0301 e. The Kier molecular flexibility index (Phi) is 5.59. The number of rotatable bonds is 7. The van der Waals surface area contributed by atoms with Crippen molar-refractivity contribution in [3.05, 3.63) is 30.1 Å². The molecule has 1 atom stereocenters. The van der Waals surface area contributed by atoms with Crippen molar-refractivity contribution >= 4 is 0 Å². The number of aromatic nitrogens is 1. The summed E-state index contributed by atoms with van der Waals surface area (Å²) in [5, 5.41) is 0. The highest BCUT2D eigenvalue weighted by molar-refractivity contribution is 5.10. The molecule has 96 valence electrons. The second-order valence-electron chi connectivity index (χ2n) is 4.74. The Hall–Kier alpha value is -0.930. The van der Waals surface area contributed by atoms with Gasteiger partial charge in [0.25, 0.3) is 0 Å². The van der Waals surface area contributed by atoms with Gasteiger partial charge in [-0.15, -0.1) is 0 Å². The van der Waals surface area contributed by atoms with Crippen LogP contribution >= 0.6 is 0 Å². The molecule has 1 aromatic heterocycles. The summed E-state index contributed by atoms with van der Waals surface area (Å²) in [7, 11) is 0. The summed E-state index contributed by atoms with van der Waals surface area (Å²) in [4.78, 5) is 6.52. The smallest absolute Gasteiger partial charge is 0.0301 e. The lowest BCUT2D eigenvalue weighted by atomic mass is 9.96. The molecule has 1 heterocycles. The summed E-state index contributed by atoms with van der Waals surface area (Å²) in [6, 6.07) is 4.17. The molecule has 0 saturated carbocycles. The van der Waals surface area contributed by atoms with Crippen molar-refractivity contribution in [3.8, 4) is 0 Å². The molecule has 0 aliphatic heterocycles. The topological polar surface area (TPSA) is 42.2 Å². The van der Waals surface area contributed by atoms with Crippen molar-refractivity contribution in [1.29, 1.82) is 0 Å². The largest absolute Gasteiger partial charge is 0.329 e. The van der Waals surface area contributed by atoms with Gasteiger partial charge in [0.15, 0.2) is 0 Å². The van der Waals surface area contributed by atoms with Crippen molar-refractivity contribution in [2.24, 2.45) is 5.73 Å². The van der Waals surface area contributed by atoms with Gasteiger partial charge in [0.1, 0.15) is 0 Å². The van der Waals surface area contributed by atoms with Gasteiger partial charge in [0.2, 0.25) is 0 Å². The zero-order valence-electron chi connectivity index (χ0n) is 11.3. The van der Waals surface area contributed by atoms with Gasteiger partial charge in [0.05, 0.1) is 0 Å². The Morgan fingerprint density at radius 3 is 2.41 bits per heavy atom. The van der Waals surface area contributed by atoms with E-state index >= 15 is 0 Å². The molecular formula is C14H25N3. The molecule has 1 unspecified atom stereocenters. The molecule has 0 saturated heterocycles. The summed E-state index contributed by atoms with van der Waals surface area (Å²) in [5.41, 5.74) is 7.38. The average Bonchev–Trinajstić information content (AvgIpc) is 2.40. The van der Waals surface area contributed by atoms with Crippen molar-refractivity contribution in [2.45, 2.75) is 39.2 Å². The predicted octanol–water partition coefficient (Wildman–Crippen LogP) is 2.07. The first kappa shape index (κ1) is 14.1. The van der Waals surface area contributed by atoms with Crippen LogP contribution in [0.25, 0.3) is 0 Å². The lowest BCUT2D eigenvalue weighted by molar-refractivity contribution is 0.114. The average molecular weight is 235 g/mol. The monoisotopic (exact) mass is 235 g/mol. The fourth-order valence-corrected chi connectivity index (χ4v) is 2.12. The predicted molar refractivity (Wildman–Crippen MR) is 72.9 cm³/mol. The van der Waals surface area contributed by atoms with Crippen LogP contribution in [0, 0.1) is 0 Å². The number of likely N-dealkylation sites (N-methyl/N-ethyl adjacent to an activating group) is 1. The van der Waals surface area contributed by atoms with Crippen molar-refractivity contribution < 1.29 is 0 Å². The molecular weight excluding hydrogens is 210 g/mol. The van der Waals surface area contributed by atoms with Gasteiger partial charge in [-0.2, -0.15) is 0 Å². The first-order chi connectivity index (χ1) is 8.16. The Morgan fingerprint density at radius 1 is 1.29 bits per heavy atom. The Bertz CT molecular complexity index is 307. The fourth-order valence-electron chi connectivity index (χ4n) is 2.12. The third kappa shape index (κ3) is 3.79. The van der Waals surface area contributed by atoms with Crippen LogP contribution in [0.1, 0.15) is 32.8 Å². The highest BCUT2D eigenvalue weighted by Gasteiger charge is 2.26. The lowest BCUT2D eigenvalue weighted by Gasteiger charge is -2.39. The lowest BCUT2D eigenvalue weighted by Crippen LogP contribution is -2.51. The highest BCUT2D eigenvalue weighted by atomic mass is 15.2. The molecule has 0 aromatic carbocycles. The van der Waals surface area contributed by atoms with Gasteiger partial charge in [-0.1, -0.05) is 13.8 Å². The second kappa shape index (κ2) is 6.72. The van der Waals surface area contributed by atoms with Crippen LogP contribution in [0.2, 0.25) is 0 Å². The molecule has 0 spiro atoms. The summed E-state index contributed by atoms with van der Waals surface area (Å²) in [6.45, 7) is 9.49. The van der Waals surface area contributed by atoms with Crippen molar-refractivity contribution in [2.75, 3.05) is 19.6 Å². The minimum Gasteiger partial charge on any atom is -0.329 e. The first-order valence-electron chi connectivity index (χ1n) is 6.50. The van der Waals surface area contributed by atoms with Crippen LogP contribution in [-0.2, 0) is 6.42 Å². The number of pyridine rings is 1. The standard InChI is InChI=1S/C14H25N3/c1-4-14(3,12-15)17(5-2)11-8-13-6-9-16-10-7-13/h6-7,9-10H,4-5,8,11-12,15H2,1-3H3. The van der Waals surface area contributed by atoms with Crippen molar-refractivity contribution in [3.63, 3.8) is 0 Å². The van der Waals surface area contributed by atoms with E-state index in [1.807, 2.05) is 12.4 Å². The Labute approximate surface area is 105 Å². The van der Waals surface area contributed by atoms with Gasteiger partial charge in [-0.3, -0.25) is 9.88 Å². The molecule has 0 amide bonds. The van der Waals surface area contributed by atoms with E-state index in [0.29, 0.717) is 6.54 Å². The van der Waals surface area contributed by atoms with Gasteiger partial charge in [0, 0.05) is 31.0 Å². The van der Waals surface area contributed by atoms with Crippen LogP contribution < -0.4 is 5.73 Å². The maximum atomic E-state index is 5.91. The number of hydrogen-bond donors (Lipinski definition) is 1.